The number of hydrogen-bond donors (Lipinski definition) is 3. The van der Waals surface area contributed by atoms with E-state index in [0.717, 1.165) is 6.42 Å². The number of hydrogen-bond acceptors (Lipinski definition) is 4. The third-order valence-corrected chi connectivity index (χ3v) is 3.72. The second-order valence-corrected chi connectivity index (χ2v) is 5.41. The zero-order valence-electron chi connectivity index (χ0n) is 13.6. The summed E-state index contributed by atoms with van der Waals surface area (Å²) in [6.45, 7) is 3.94. The highest BCUT2D eigenvalue weighted by atomic mass is 35.5. The van der Waals surface area contributed by atoms with Gasteiger partial charge in [0.25, 0.3) is 5.91 Å². The van der Waals surface area contributed by atoms with E-state index in [1.165, 1.54) is 6.26 Å². The van der Waals surface area contributed by atoms with Crippen molar-refractivity contribution in [3.63, 3.8) is 0 Å². The van der Waals surface area contributed by atoms with Gasteiger partial charge in [0, 0.05) is 11.4 Å². The molecule has 2 rings (SSSR count). The van der Waals surface area contributed by atoms with Crippen LogP contribution in [-0.4, -0.2) is 17.9 Å². The number of benzene rings is 1. The predicted molar refractivity (Wildman–Crippen MR) is 96.4 cm³/mol. The maximum Gasteiger partial charge on any atom is 0.291 e. The van der Waals surface area contributed by atoms with E-state index in [9.17, 15) is 9.59 Å². The second-order valence-electron chi connectivity index (χ2n) is 5.41. The molecule has 2 amide bonds. The molecule has 0 aliphatic carbocycles. The van der Waals surface area contributed by atoms with E-state index in [4.69, 9.17) is 10.2 Å². The summed E-state index contributed by atoms with van der Waals surface area (Å²) in [6, 6.07) is 9.50. The van der Waals surface area contributed by atoms with Gasteiger partial charge in [-0.05, 0) is 42.3 Å². The Balaban J connectivity index is 0.00000288. The van der Waals surface area contributed by atoms with Crippen molar-refractivity contribution in [3.8, 4) is 0 Å². The molecule has 0 aliphatic rings. The molecular formula is C17H22ClN3O3. The molecule has 0 spiro atoms. The Bertz CT molecular complexity index is 656. The molecule has 4 N–H and O–H groups in total. The summed E-state index contributed by atoms with van der Waals surface area (Å²) >= 11 is 0. The molecule has 1 heterocycles. The Kier molecular flexibility index (Phi) is 7.48. The minimum atomic E-state index is -0.543. The van der Waals surface area contributed by atoms with Crippen LogP contribution in [0.15, 0.2) is 47.1 Å². The monoisotopic (exact) mass is 351 g/mol. The molecule has 6 nitrogen and oxygen atoms in total. The van der Waals surface area contributed by atoms with Crippen molar-refractivity contribution in [1.82, 2.24) is 0 Å². The highest BCUT2D eigenvalue weighted by Crippen LogP contribution is 2.16. The lowest BCUT2D eigenvalue weighted by atomic mass is 9.99. The van der Waals surface area contributed by atoms with Gasteiger partial charge in [0.15, 0.2) is 5.76 Å². The van der Waals surface area contributed by atoms with E-state index in [1.54, 1.807) is 36.4 Å². The number of carbonyl (C=O) groups excluding carboxylic acids is 2. The minimum absolute atomic E-state index is 0. The topological polar surface area (TPSA) is 97.4 Å². The molecular weight excluding hydrogens is 330 g/mol. The number of nitrogens with one attached hydrogen (secondary N) is 2. The van der Waals surface area contributed by atoms with Crippen molar-refractivity contribution < 1.29 is 14.0 Å². The number of amides is 2. The standard InChI is InChI=1S/C17H21N3O3.ClH/c1-3-11(2)15(18)17(22)20-13-8-6-12(7-9-13)19-16(21)14-5-4-10-23-14;/h4-11,15H,3,18H2,1-2H3,(H,19,21)(H,20,22);1H. The third kappa shape index (κ3) is 5.11. The first-order valence-electron chi connectivity index (χ1n) is 7.52. The van der Waals surface area contributed by atoms with Gasteiger partial charge >= 0.3 is 0 Å². The zero-order chi connectivity index (χ0) is 16.8. The van der Waals surface area contributed by atoms with Crippen LogP contribution in [0, 0.1) is 5.92 Å². The van der Waals surface area contributed by atoms with Crippen LogP contribution < -0.4 is 16.4 Å². The van der Waals surface area contributed by atoms with Crippen LogP contribution in [0.1, 0.15) is 30.8 Å². The van der Waals surface area contributed by atoms with Crippen molar-refractivity contribution in [2.24, 2.45) is 11.7 Å². The first kappa shape index (κ1) is 19.7. The SMILES string of the molecule is CCC(C)C(N)C(=O)Nc1ccc(NC(=O)c2ccco2)cc1.Cl. The molecule has 130 valence electrons. The molecule has 24 heavy (non-hydrogen) atoms. The van der Waals surface area contributed by atoms with Crippen molar-refractivity contribution in [2.45, 2.75) is 26.3 Å². The van der Waals surface area contributed by atoms with Crippen molar-refractivity contribution in [3.05, 3.63) is 48.4 Å². The van der Waals surface area contributed by atoms with Gasteiger partial charge < -0.3 is 20.8 Å². The molecule has 1 aromatic heterocycles. The highest BCUT2D eigenvalue weighted by Gasteiger charge is 2.19. The molecule has 2 aromatic rings. The lowest BCUT2D eigenvalue weighted by molar-refractivity contribution is -0.118. The lowest BCUT2D eigenvalue weighted by Crippen LogP contribution is -2.40. The minimum Gasteiger partial charge on any atom is -0.459 e. The van der Waals surface area contributed by atoms with E-state index < -0.39 is 6.04 Å². The Morgan fingerprint density at radius 2 is 1.71 bits per heavy atom. The molecule has 0 bridgehead atoms. The van der Waals surface area contributed by atoms with E-state index in [0.29, 0.717) is 11.4 Å². The van der Waals surface area contributed by atoms with Crippen LogP contribution in [0.4, 0.5) is 11.4 Å². The van der Waals surface area contributed by atoms with E-state index in [2.05, 4.69) is 10.6 Å². The first-order chi connectivity index (χ1) is 11.0. The predicted octanol–water partition coefficient (Wildman–Crippen LogP) is 3.27. The average Bonchev–Trinajstić information content (AvgIpc) is 3.09. The van der Waals surface area contributed by atoms with Gasteiger partial charge in [-0.3, -0.25) is 9.59 Å². The quantitative estimate of drug-likeness (QED) is 0.744. The summed E-state index contributed by atoms with van der Waals surface area (Å²) in [4.78, 5) is 23.9. The van der Waals surface area contributed by atoms with Gasteiger partial charge in [-0.2, -0.15) is 0 Å². The zero-order valence-corrected chi connectivity index (χ0v) is 14.4. The number of halogens is 1. The van der Waals surface area contributed by atoms with Gasteiger partial charge in [-0.15, -0.1) is 12.4 Å². The number of rotatable bonds is 6. The third-order valence-electron chi connectivity index (χ3n) is 3.72. The highest BCUT2D eigenvalue weighted by molar-refractivity contribution is 6.02. The first-order valence-corrected chi connectivity index (χ1v) is 7.52. The summed E-state index contributed by atoms with van der Waals surface area (Å²) in [6.07, 6.45) is 2.28. The Hall–Kier alpha value is -2.31. The van der Waals surface area contributed by atoms with Crippen LogP contribution in [0.25, 0.3) is 0 Å². The van der Waals surface area contributed by atoms with E-state index in [-0.39, 0.29) is 35.9 Å². The Morgan fingerprint density at radius 1 is 1.12 bits per heavy atom. The number of nitrogens with two attached hydrogens (primary N) is 1. The fourth-order valence-corrected chi connectivity index (χ4v) is 1.98. The summed E-state index contributed by atoms with van der Waals surface area (Å²) in [5, 5.41) is 5.47. The Labute approximate surface area is 147 Å². The van der Waals surface area contributed by atoms with Gasteiger partial charge in [0.2, 0.25) is 5.91 Å². The maximum atomic E-state index is 12.0. The number of furan rings is 1. The summed E-state index contributed by atoms with van der Waals surface area (Å²) in [5.74, 6) is -0.193. The van der Waals surface area contributed by atoms with Crippen molar-refractivity contribution in [2.75, 3.05) is 10.6 Å². The van der Waals surface area contributed by atoms with Crippen LogP contribution in [0.3, 0.4) is 0 Å². The lowest BCUT2D eigenvalue weighted by Gasteiger charge is -2.17. The molecule has 0 radical (unpaired) electrons. The molecule has 1 aromatic carbocycles. The van der Waals surface area contributed by atoms with Gasteiger partial charge in [-0.25, -0.2) is 0 Å². The molecule has 0 saturated heterocycles. The Morgan fingerprint density at radius 3 is 2.21 bits per heavy atom. The fraction of sp³-hybridized carbons (Fsp3) is 0.294. The molecule has 0 saturated carbocycles. The fourth-order valence-electron chi connectivity index (χ4n) is 1.98. The van der Waals surface area contributed by atoms with Crippen molar-refractivity contribution >= 4 is 35.6 Å². The van der Waals surface area contributed by atoms with Crippen LogP contribution >= 0.6 is 12.4 Å². The van der Waals surface area contributed by atoms with Crippen LogP contribution in [-0.2, 0) is 4.79 Å². The largest absolute Gasteiger partial charge is 0.459 e. The van der Waals surface area contributed by atoms with Crippen LogP contribution in [0.2, 0.25) is 0 Å². The summed E-state index contributed by atoms with van der Waals surface area (Å²) in [7, 11) is 0. The summed E-state index contributed by atoms with van der Waals surface area (Å²) in [5.41, 5.74) is 7.13. The molecule has 0 aliphatic heterocycles. The van der Waals surface area contributed by atoms with Gasteiger partial charge in [-0.1, -0.05) is 20.3 Å². The molecule has 0 fully saturated rings. The average molecular weight is 352 g/mol. The summed E-state index contributed by atoms with van der Waals surface area (Å²) < 4.78 is 5.02. The second kappa shape index (κ2) is 9.10. The number of carbonyl (C=O) groups is 2. The van der Waals surface area contributed by atoms with E-state index >= 15 is 0 Å². The van der Waals surface area contributed by atoms with Crippen molar-refractivity contribution in [1.29, 1.82) is 0 Å². The normalized spacial score (nSPS) is 12.6. The maximum absolute atomic E-state index is 12.0. The molecule has 7 heteroatoms. The smallest absolute Gasteiger partial charge is 0.291 e. The number of anilines is 2. The molecule has 2 unspecified atom stereocenters. The van der Waals surface area contributed by atoms with Gasteiger partial charge in [0.05, 0.1) is 12.3 Å². The molecule has 2 atom stereocenters. The van der Waals surface area contributed by atoms with Gasteiger partial charge in [0.1, 0.15) is 0 Å². The van der Waals surface area contributed by atoms with Crippen LogP contribution in [0.5, 0.6) is 0 Å². The van der Waals surface area contributed by atoms with E-state index in [1.807, 2.05) is 13.8 Å².